The summed E-state index contributed by atoms with van der Waals surface area (Å²) in [5.41, 5.74) is 13.6. The molecular weight excluding hydrogens is 773 g/mol. The molecule has 1 unspecified atom stereocenters. The molecule has 7 aromatic rings. The number of hydrogen-bond acceptors (Lipinski definition) is 1. The lowest BCUT2D eigenvalue weighted by Crippen LogP contribution is -2.08. The van der Waals surface area contributed by atoms with Gasteiger partial charge in [0.25, 0.3) is 0 Å². The molecule has 2 heteroatoms. The maximum Gasteiger partial charge on any atom is 0.0538 e. The summed E-state index contributed by atoms with van der Waals surface area (Å²) in [6, 6.07) is 52.3. The zero-order chi connectivity index (χ0) is 44.5. The number of fused-ring (bicyclic) bond motifs is 4. The van der Waals surface area contributed by atoms with Gasteiger partial charge in [-0.2, -0.15) is 0 Å². The van der Waals surface area contributed by atoms with Crippen LogP contribution in [-0.2, 0) is 6.42 Å². The molecule has 0 amide bonds. The van der Waals surface area contributed by atoms with Gasteiger partial charge in [-0.05, 0) is 120 Å². The molecule has 320 valence electrons. The lowest BCUT2D eigenvalue weighted by molar-refractivity contribution is 0.737. The molecule has 10 rings (SSSR count). The van der Waals surface area contributed by atoms with Crippen molar-refractivity contribution in [3.8, 4) is 16.8 Å². The lowest BCUT2D eigenvalue weighted by atomic mass is 9.90. The molecule has 3 aliphatic rings. The fraction of sp³-hybridized carbons (Fsp3) is 0.161. The maximum atomic E-state index is 4.05. The van der Waals surface area contributed by atoms with E-state index in [1.165, 1.54) is 91.4 Å². The number of rotatable bonds is 8. The van der Waals surface area contributed by atoms with Gasteiger partial charge in [0, 0.05) is 40.5 Å². The quantitative estimate of drug-likeness (QED) is 0.138. The van der Waals surface area contributed by atoms with E-state index in [-0.39, 0.29) is 0 Å². The van der Waals surface area contributed by atoms with Gasteiger partial charge < -0.3 is 9.47 Å². The van der Waals surface area contributed by atoms with E-state index in [2.05, 4.69) is 249 Å². The van der Waals surface area contributed by atoms with Gasteiger partial charge in [0.1, 0.15) is 0 Å². The highest BCUT2D eigenvalue weighted by Gasteiger charge is 2.23. The van der Waals surface area contributed by atoms with Crippen molar-refractivity contribution in [3.05, 3.63) is 247 Å². The molecule has 1 atom stereocenters. The van der Waals surface area contributed by atoms with Crippen molar-refractivity contribution in [1.82, 2.24) is 4.57 Å². The van der Waals surface area contributed by atoms with Gasteiger partial charge >= 0.3 is 0 Å². The van der Waals surface area contributed by atoms with Gasteiger partial charge in [0.15, 0.2) is 0 Å². The first-order valence-corrected chi connectivity index (χ1v) is 23.0. The molecule has 1 aromatic heterocycles. The zero-order valence-corrected chi connectivity index (χ0v) is 38.1. The molecule has 0 fully saturated rings. The van der Waals surface area contributed by atoms with E-state index in [1.807, 2.05) is 19.9 Å². The minimum atomic E-state index is 0.769. The van der Waals surface area contributed by atoms with Gasteiger partial charge in [-0.1, -0.05) is 203 Å². The van der Waals surface area contributed by atoms with Crippen LogP contribution in [-0.4, -0.2) is 11.6 Å². The van der Waals surface area contributed by atoms with Crippen LogP contribution in [0.15, 0.2) is 230 Å². The monoisotopic (exact) mass is 834 g/mol. The molecule has 0 aliphatic heterocycles. The van der Waals surface area contributed by atoms with Crippen molar-refractivity contribution in [3.63, 3.8) is 0 Å². The van der Waals surface area contributed by atoms with E-state index in [4.69, 9.17) is 0 Å². The van der Waals surface area contributed by atoms with Gasteiger partial charge in [-0.15, -0.1) is 0 Å². The SMILES string of the molecule is C1=CCCC=C1.C=C/C=C(\C=C/c1ccccc1)C1=Cc2c(n(-c3cccc4ccccc34)c3ccc(-c4ccc(N(C)c5ccccc5)cc4)cc23)CC1.CC.CC1C=CC=CC1. The Morgan fingerprint density at radius 2 is 1.31 bits per heavy atom. The number of hydrogen-bond donors (Lipinski definition) is 0. The van der Waals surface area contributed by atoms with Crippen molar-refractivity contribution in [2.24, 2.45) is 5.92 Å². The van der Waals surface area contributed by atoms with E-state index in [0.717, 1.165) is 24.4 Å². The van der Waals surface area contributed by atoms with Gasteiger partial charge in [0.2, 0.25) is 0 Å². The van der Waals surface area contributed by atoms with E-state index in [9.17, 15) is 0 Å². The highest BCUT2D eigenvalue weighted by atomic mass is 15.1. The Morgan fingerprint density at radius 1 is 0.656 bits per heavy atom. The molecule has 2 nitrogen and oxygen atoms in total. The van der Waals surface area contributed by atoms with E-state index < -0.39 is 0 Å². The largest absolute Gasteiger partial charge is 0.345 e. The predicted molar refractivity (Wildman–Crippen MR) is 282 cm³/mol. The number of benzene rings is 6. The third-order valence-electron chi connectivity index (χ3n) is 11.8. The van der Waals surface area contributed by atoms with Crippen molar-refractivity contribution >= 4 is 45.2 Å². The lowest BCUT2D eigenvalue weighted by Gasteiger charge is -2.19. The van der Waals surface area contributed by atoms with Crippen LogP contribution >= 0.6 is 0 Å². The summed E-state index contributed by atoms with van der Waals surface area (Å²) in [6.45, 7) is 10.3. The summed E-state index contributed by atoms with van der Waals surface area (Å²) < 4.78 is 2.51. The number of para-hydroxylation sites is 1. The third-order valence-corrected chi connectivity index (χ3v) is 11.8. The first-order valence-electron chi connectivity index (χ1n) is 23.0. The van der Waals surface area contributed by atoms with Crippen LogP contribution in [0.3, 0.4) is 0 Å². The van der Waals surface area contributed by atoms with Gasteiger partial charge in [0.05, 0.1) is 11.2 Å². The Morgan fingerprint density at radius 3 is 1.97 bits per heavy atom. The van der Waals surface area contributed by atoms with Crippen molar-refractivity contribution in [1.29, 1.82) is 0 Å². The predicted octanol–water partition coefficient (Wildman–Crippen LogP) is 17.4. The second-order valence-corrected chi connectivity index (χ2v) is 16.1. The second kappa shape index (κ2) is 22.8. The number of allylic oxidation sites excluding steroid dienone is 13. The Bertz CT molecular complexity index is 2820. The Labute approximate surface area is 382 Å². The van der Waals surface area contributed by atoms with Crippen molar-refractivity contribution in [2.45, 2.75) is 52.9 Å². The topological polar surface area (TPSA) is 8.17 Å². The van der Waals surface area contributed by atoms with Crippen molar-refractivity contribution < 1.29 is 0 Å². The Balaban J connectivity index is 0.000000348. The minimum Gasteiger partial charge on any atom is -0.345 e. The minimum absolute atomic E-state index is 0.769. The van der Waals surface area contributed by atoms with Crippen LogP contribution < -0.4 is 4.90 Å². The molecule has 0 spiro atoms. The summed E-state index contributed by atoms with van der Waals surface area (Å²) in [6.07, 6.45) is 33.6. The fourth-order valence-electron chi connectivity index (χ4n) is 8.43. The highest BCUT2D eigenvalue weighted by molar-refractivity contribution is 6.00. The van der Waals surface area contributed by atoms with Gasteiger partial charge in [-0.3, -0.25) is 0 Å². The summed E-state index contributed by atoms with van der Waals surface area (Å²) in [5.74, 6) is 0.769. The molecule has 1 heterocycles. The number of anilines is 2. The van der Waals surface area contributed by atoms with Crippen LogP contribution in [0.4, 0.5) is 11.4 Å². The smallest absolute Gasteiger partial charge is 0.0538 e. The average molecular weight is 835 g/mol. The number of aromatic nitrogens is 1. The molecule has 64 heavy (non-hydrogen) atoms. The fourth-order valence-corrected chi connectivity index (χ4v) is 8.43. The van der Waals surface area contributed by atoms with Crippen LogP contribution in [0.1, 0.15) is 63.3 Å². The Hall–Kier alpha value is -7.16. The second-order valence-electron chi connectivity index (χ2n) is 16.1. The van der Waals surface area contributed by atoms with E-state index in [1.54, 1.807) is 0 Å². The first kappa shape index (κ1) is 44.9. The zero-order valence-electron chi connectivity index (χ0n) is 38.1. The van der Waals surface area contributed by atoms with E-state index in [0.29, 0.717) is 0 Å². The third kappa shape index (κ3) is 11.1. The van der Waals surface area contributed by atoms with E-state index >= 15 is 0 Å². The summed E-state index contributed by atoms with van der Waals surface area (Å²) in [4.78, 5) is 2.22. The van der Waals surface area contributed by atoms with Crippen LogP contribution in [0.2, 0.25) is 0 Å². The van der Waals surface area contributed by atoms with Crippen LogP contribution in [0.25, 0.3) is 50.6 Å². The molecule has 0 saturated carbocycles. The normalized spacial score (nSPS) is 15.0. The highest BCUT2D eigenvalue weighted by Crippen LogP contribution is 2.41. The van der Waals surface area contributed by atoms with Crippen LogP contribution in [0.5, 0.6) is 0 Å². The number of nitrogens with zero attached hydrogens (tertiary/aromatic N) is 2. The van der Waals surface area contributed by atoms with Crippen LogP contribution in [0, 0.1) is 5.92 Å². The summed E-state index contributed by atoms with van der Waals surface area (Å²) in [7, 11) is 2.12. The molecule has 0 radical (unpaired) electrons. The van der Waals surface area contributed by atoms with Gasteiger partial charge in [-0.25, -0.2) is 0 Å². The maximum absolute atomic E-state index is 4.05. The Kier molecular flexibility index (Phi) is 16.0. The molecule has 0 bridgehead atoms. The molecule has 0 saturated heterocycles. The summed E-state index contributed by atoms with van der Waals surface area (Å²) >= 11 is 0. The average Bonchev–Trinajstić information content (AvgIpc) is 3.70. The molecule has 0 N–H and O–H groups in total. The molecule has 6 aromatic carbocycles. The first-order chi connectivity index (χ1) is 31.6. The molecular formula is C62H62N2. The molecule has 3 aliphatic carbocycles. The standard InChI is InChI=1S/C47H38N2.C7H10.C6H8.C2H6/c1-3-13-35(23-22-34-14-6-4-7-15-34)38-26-30-46-43(32-38)44-33-39(36-24-28-41(29-25-36)48(2)40-18-8-5-9-19-40)27-31-47(44)49(46)45-21-12-17-37-16-10-11-20-42(37)45;1-7-5-3-2-4-6-7;1-2-4-6-5-3-1;1-2/h3-25,27-29,31-33H,1,26,30H2,2H3;2-5,7H,6H2,1H3;1-4H,5-6H2;1-2H3/b23-22-,35-13+;;;. The van der Waals surface area contributed by atoms with Crippen molar-refractivity contribution in [2.75, 3.05) is 11.9 Å². The summed E-state index contributed by atoms with van der Waals surface area (Å²) in [5, 5.41) is 3.79.